The summed E-state index contributed by atoms with van der Waals surface area (Å²) in [6, 6.07) is 30.5. The molecule has 1 fully saturated rings. The maximum atomic E-state index is 13.8. The SMILES string of the molecule is CCCCC[C@@H](C(=O)NCNC(=O)c1ccc(-c2ccc(C(=O)N[C@@H](CC(=O)OCc3ccccc3)C(=O)OCc3ccccc3)c(OCC)c2)o1)[C@@H](CC)N(C=O)OC(=O)c1cccc(N2CCCC2)c1. The van der Waals surface area contributed by atoms with Crippen LogP contribution < -0.4 is 25.6 Å². The fraction of sp³-hybridized carbons (Fsp3) is 0.364. The molecule has 6 rings (SSSR count). The number of hydrogen-bond acceptors (Lipinski definition) is 13. The number of anilines is 1. The lowest BCUT2D eigenvalue weighted by atomic mass is 9.90. The molecular weight excluding hydrogens is 923 g/mol. The summed E-state index contributed by atoms with van der Waals surface area (Å²) in [6.45, 7) is 7.13. The molecule has 1 saturated heterocycles. The van der Waals surface area contributed by atoms with Gasteiger partial charge < -0.3 is 44.3 Å². The third-order valence-electron chi connectivity index (χ3n) is 12.1. The minimum Gasteiger partial charge on any atom is -0.493 e. The van der Waals surface area contributed by atoms with Crippen molar-refractivity contribution >= 4 is 47.7 Å². The number of furan rings is 1. The molecule has 0 saturated carbocycles. The Morgan fingerprint density at radius 2 is 1.47 bits per heavy atom. The Kier molecular flexibility index (Phi) is 20.4. The Morgan fingerprint density at radius 1 is 0.764 bits per heavy atom. The molecule has 0 bridgehead atoms. The average Bonchev–Trinajstić information content (AvgIpc) is 4.14. The summed E-state index contributed by atoms with van der Waals surface area (Å²) in [5.74, 6) is -4.53. The summed E-state index contributed by atoms with van der Waals surface area (Å²) in [7, 11) is 0. The van der Waals surface area contributed by atoms with Crippen LogP contribution in [0.4, 0.5) is 5.69 Å². The second-order valence-corrected chi connectivity index (χ2v) is 17.2. The monoisotopic (exact) mass is 985 g/mol. The molecule has 4 amide bonds. The molecule has 380 valence electrons. The molecule has 0 aliphatic carbocycles. The van der Waals surface area contributed by atoms with Crippen molar-refractivity contribution in [1.29, 1.82) is 0 Å². The number of amides is 4. The van der Waals surface area contributed by atoms with Crippen LogP contribution >= 0.6 is 0 Å². The molecule has 17 nitrogen and oxygen atoms in total. The van der Waals surface area contributed by atoms with Crippen molar-refractivity contribution in [2.75, 3.05) is 31.3 Å². The van der Waals surface area contributed by atoms with Crippen molar-refractivity contribution in [1.82, 2.24) is 21.0 Å². The summed E-state index contributed by atoms with van der Waals surface area (Å²) in [5.41, 5.74) is 3.14. The lowest BCUT2D eigenvalue weighted by Crippen LogP contribution is -2.49. The van der Waals surface area contributed by atoms with E-state index in [4.69, 9.17) is 23.5 Å². The molecule has 3 N–H and O–H groups in total. The second kappa shape index (κ2) is 27.4. The predicted molar refractivity (Wildman–Crippen MR) is 267 cm³/mol. The number of ether oxygens (including phenoxy) is 3. The fourth-order valence-corrected chi connectivity index (χ4v) is 8.28. The molecule has 0 unspecified atom stereocenters. The zero-order valence-electron chi connectivity index (χ0n) is 41.0. The van der Waals surface area contributed by atoms with Gasteiger partial charge in [-0.05, 0) is 86.2 Å². The Labute approximate surface area is 419 Å². The molecule has 72 heavy (non-hydrogen) atoms. The minimum atomic E-state index is -1.40. The van der Waals surface area contributed by atoms with E-state index in [2.05, 4.69) is 20.9 Å². The zero-order valence-corrected chi connectivity index (χ0v) is 41.0. The Bertz CT molecular complexity index is 2600. The van der Waals surface area contributed by atoms with Crippen LogP contribution in [0.2, 0.25) is 0 Å². The third-order valence-corrected chi connectivity index (χ3v) is 12.1. The molecular formula is C55H63N5O12. The van der Waals surface area contributed by atoms with Crippen molar-refractivity contribution in [3.05, 3.63) is 143 Å². The van der Waals surface area contributed by atoms with Crippen LogP contribution in [-0.2, 0) is 46.7 Å². The van der Waals surface area contributed by atoms with Crippen LogP contribution in [0.25, 0.3) is 11.3 Å². The second-order valence-electron chi connectivity index (χ2n) is 17.2. The Balaban J connectivity index is 1.08. The lowest BCUT2D eigenvalue weighted by molar-refractivity contribution is -0.171. The average molecular weight is 986 g/mol. The van der Waals surface area contributed by atoms with Crippen molar-refractivity contribution in [3.8, 4) is 17.1 Å². The van der Waals surface area contributed by atoms with E-state index >= 15 is 0 Å². The first-order chi connectivity index (χ1) is 35.0. The van der Waals surface area contributed by atoms with Gasteiger partial charge in [-0.15, -0.1) is 0 Å². The Hall–Kier alpha value is -7.95. The fourth-order valence-electron chi connectivity index (χ4n) is 8.28. The van der Waals surface area contributed by atoms with Gasteiger partial charge in [0.2, 0.25) is 12.3 Å². The van der Waals surface area contributed by atoms with E-state index in [9.17, 15) is 33.6 Å². The van der Waals surface area contributed by atoms with Gasteiger partial charge in [-0.2, -0.15) is 5.06 Å². The highest BCUT2D eigenvalue weighted by Crippen LogP contribution is 2.30. The van der Waals surface area contributed by atoms with E-state index < -0.39 is 60.1 Å². The number of nitrogens with one attached hydrogen (secondary N) is 3. The van der Waals surface area contributed by atoms with Crippen molar-refractivity contribution in [2.24, 2.45) is 5.92 Å². The highest BCUT2D eigenvalue weighted by molar-refractivity contribution is 6.00. The summed E-state index contributed by atoms with van der Waals surface area (Å²) in [4.78, 5) is 101. The van der Waals surface area contributed by atoms with E-state index in [-0.39, 0.29) is 54.9 Å². The standard InChI is InChI=1S/C55H63N5O12/c1-4-7-10-24-43(46(5-2)60(37-61)72-54(66)41-22-17-23-42(31-41)59-29-15-16-30-59)51(63)56-36-57-53(65)48-28-27-47(71-48)40-25-26-44(49(32-40)68-6-3)52(64)58-45(55(67)70-35-39-20-13-9-14-21-39)33-50(62)69-34-38-18-11-8-12-19-38/h8-9,11-14,17-23,25-28,31-32,37,43,45-46H,4-7,10,15-16,24,29-30,33-36H2,1-3H3,(H,56,63)(H,57,65)(H,58,64)/t43-,45+,46-/m1/s1. The molecule has 3 atom stereocenters. The smallest absolute Gasteiger partial charge is 0.363 e. The van der Waals surface area contributed by atoms with Crippen LogP contribution in [0.15, 0.2) is 120 Å². The van der Waals surface area contributed by atoms with E-state index in [1.54, 1.807) is 98.8 Å². The quantitative estimate of drug-likeness (QED) is 0.0150. The normalized spacial score (nSPS) is 13.2. The summed E-state index contributed by atoms with van der Waals surface area (Å²) in [6.07, 6.45) is 5.17. The van der Waals surface area contributed by atoms with Crippen LogP contribution in [0.1, 0.15) is 115 Å². The molecule has 5 aromatic rings. The zero-order chi connectivity index (χ0) is 51.2. The maximum Gasteiger partial charge on any atom is 0.363 e. The highest BCUT2D eigenvalue weighted by Gasteiger charge is 2.34. The number of carbonyl (C=O) groups is 7. The topological polar surface area (TPSA) is 212 Å². The van der Waals surface area contributed by atoms with Crippen molar-refractivity contribution < 1.29 is 57.0 Å². The molecule has 0 radical (unpaired) electrons. The van der Waals surface area contributed by atoms with Gasteiger partial charge >= 0.3 is 17.9 Å². The van der Waals surface area contributed by atoms with E-state index in [0.717, 1.165) is 55.1 Å². The Morgan fingerprint density at radius 3 is 2.14 bits per heavy atom. The first kappa shape index (κ1) is 53.4. The molecule has 4 aromatic carbocycles. The lowest BCUT2D eigenvalue weighted by Gasteiger charge is -2.32. The number of nitrogens with zero attached hydrogens (tertiary/aromatic N) is 2. The van der Waals surface area contributed by atoms with E-state index in [1.165, 1.54) is 12.1 Å². The summed E-state index contributed by atoms with van der Waals surface area (Å²) >= 11 is 0. The maximum absolute atomic E-state index is 13.8. The number of hydroxylamine groups is 2. The van der Waals surface area contributed by atoms with E-state index in [1.807, 2.05) is 25.1 Å². The van der Waals surface area contributed by atoms with E-state index in [0.29, 0.717) is 36.8 Å². The van der Waals surface area contributed by atoms with Crippen molar-refractivity contribution in [2.45, 2.75) is 97.4 Å². The van der Waals surface area contributed by atoms with Crippen LogP contribution in [0.3, 0.4) is 0 Å². The number of unbranched alkanes of at least 4 members (excludes halogenated alkanes) is 2. The molecule has 1 aliphatic rings. The summed E-state index contributed by atoms with van der Waals surface area (Å²) < 4.78 is 22.7. The largest absolute Gasteiger partial charge is 0.493 e. The molecule has 0 spiro atoms. The number of esters is 2. The van der Waals surface area contributed by atoms with Crippen LogP contribution in [0, 0.1) is 5.92 Å². The van der Waals surface area contributed by atoms with Crippen LogP contribution in [0.5, 0.6) is 5.75 Å². The summed E-state index contributed by atoms with van der Waals surface area (Å²) in [5, 5.41) is 8.95. The molecule has 17 heteroatoms. The number of carbonyl (C=O) groups excluding carboxylic acids is 7. The minimum absolute atomic E-state index is 0.0272. The third kappa shape index (κ3) is 15.3. The van der Waals surface area contributed by atoms with Gasteiger partial charge in [0.1, 0.15) is 30.8 Å². The number of rotatable bonds is 27. The predicted octanol–water partition coefficient (Wildman–Crippen LogP) is 7.93. The van der Waals surface area contributed by atoms with Gasteiger partial charge in [0.15, 0.2) is 5.76 Å². The first-order valence-electron chi connectivity index (χ1n) is 24.5. The van der Waals surface area contributed by atoms with Gasteiger partial charge in [0.05, 0.1) is 42.8 Å². The van der Waals surface area contributed by atoms with Gasteiger partial charge in [0.25, 0.3) is 11.8 Å². The van der Waals surface area contributed by atoms with Crippen molar-refractivity contribution in [3.63, 3.8) is 0 Å². The number of benzene rings is 4. The van der Waals surface area contributed by atoms with Gasteiger partial charge in [-0.1, -0.05) is 106 Å². The first-order valence-corrected chi connectivity index (χ1v) is 24.5. The van der Waals surface area contributed by atoms with Gasteiger partial charge in [-0.25, -0.2) is 9.59 Å². The highest BCUT2D eigenvalue weighted by atomic mass is 16.7. The molecule has 1 aliphatic heterocycles. The van der Waals surface area contributed by atoms with Gasteiger partial charge in [-0.3, -0.25) is 24.0 Å². The molecule has 2 heterocycles. The number of hydrogen-bond donors (Lipinski definition) is 3. The molecule has 1 aromatic heterocycles. The van der Waals surface area contributed by atoms with Gasteiger partial charge in [0, 0.05) is 24.3 Å². The van der Waals surface area contributed by atoms with Crippen LogP contribution in [-0.4, -0.2) is 85.6 Å².